The summed E-state index contributed by atoms with van der Waals surface area (Å²) in [5, 5.41) is 11.3. The molecular weight excluding hydrogens is 552 g/mol. The number of ether oxygens (including phenoxy) is 2. The van der Waals surface area contributed by atoms with Crippen molar-refractivity contribution < 1.29 is 9.47 Å². The maximum absolute atomic E-state index is 8.99. The van der Waals surface area contributed by atoms with Crippen LogP contribution < -0.4 is 15.2 Å². The van der Waals surface area contributed by atoms with E-state index in [1.165, 1.54) is 22.3 Å². The molecule has 0 bridgehead atoms. The van der Waals surface area contributed by atoms with E-state index >= 15 is 0 Å². The summed E-state index contributed by atoms with van der Waals surface area (Å²) in [5.74, 6) is 2.76. The second-order valence-corrected chi connectivity index (χ2v) is 12.3. The van der Waals surface area contributed by atoms with E-state index < -0.39 is 0 Å². The molecule has 4 heteroatoms. The highest BCUT2D eigenvalue weighted by molar-refractivity contribution is 6.11. The first-order valence-corrected chi connectivity index (χ1v) is 15.3. The molecule has 1 aliphatic carbocycles. The van der Waals surface area contributed by atoms with Gasteiger partial charge < -0.3 is 20.6 Å². The summed E-state index contributed by atoms with van der Waals surface area (Å²) < 4.78 is 12.9. The molecule has 1 heterocycles. The Morgan fingerprint density at radius 1 is 0.667 bits per heavy atom. The molecule has 8 rings (SSSR count). The Labute approximate surface area is 262 Å². The van der Waals surface area contributed by atoms with Crippen molar-refractivity contribution in [3.63, 3.8) is 0 Å². The Bertz CT molecular complexity index is 2190. The van der Waals surface area contributed by atoms with Crippen LogP contribution in [0.3, 0.4) is 0 Å². The van der Waals surface area contributed by atoms with Crippen LogP contribution in [0.25, 0.3) is 33.0 Å². The summed E-state index contributed by atoms with van der Waals surface area (Å²) >= 11 is 0. The quantitative estimate of drug-likeness (QED) is 0.198. The maximum Gasteiger partial charge on any atom is 0.170 e. The summed E-state index contributed by atoms with van der Waals surface area (Å²) in [5.41, 5.74) is 15.6. The van der Waals surface area contributed by atoms with Gasteiger partial charge in [0.15, 0.2) is 23.0 Å². The topological polar surface area (TPSA) is 68.3 Å². The molecule has 0 saturated carbocycles. The smallest absolute Gasteiger partial charge is 0.170 e. The SMILES string of the molecule is CC1(C)c2ccccc2-c2cc3c(cc21)Oc1ccc(-c2ccccc2C(=N)/C=C\C(N)c2cccc4ccccc24)cc1O3. The van der Waals surface area contributed by atoms with Gasteiger partial charge in [-0.05, 0) is 80.1 Å². The van der Waals surface area contributed by atoms with Gasteiger partial charge in [0.1, 0.15) is 0 Å². The molecule has 0 saturated heterocycles. The number of rotatable bonds is 5. The molecule has 6 aromatic rings. The van der Waals surface area contributed by atoms with Crippen LogP contribution in [0, 0.1) is 5.41 Å². The Morgan fingerprint density at radius 2 is 1.36 bits per heavy atom. The molecule has 1 aliphatic heterocycles. The van der Waals surface area contributed by atoms with Crippen molar-refractivity contribution in [2.45, 2.75) is 25.3 Å². The maximum atomic E-state index is 8.99. The first-order valence-electron chi connectivity index (χ1n) is 15.3. The number of nitrogens with one attached hydrogen (secondary N) is 1. The van der Waals surface area contributed by atoms with E-state index in [0.29, 0.717) is 23.0 Å². The van der Waals surface area contributed by atoms with Gasteiger partial charge in [-0.25, -0.2) is 0 Å². The third-order valence-electron chi connectivity index (χ3n) is 9.21. The fourth-order valence-corrected chi connectivity index (χ4v) is 6.85. The molecule has 6 aromatic carbocycles. The number of nitrogens with two attached hydrogens (primary N) is 1. The molecule has 1 unspecified atom stereocenters. The molecule has 45 heavy (non-hydrogen) atoms. The standard InChI is InChI=1S/C41H32N2O2/c1-41(2)33-17-8-7-14-29(33)32-23-39-40(24-34(32)41)44-37-21-18-26(22-38(37)45-39)28-13-5-6-15-30(28)35(42)19-20-36(43)31-16-9-11-25-10-3-4-12-27(25)31/h3-24,36,42H,43H2,1-2H3/b20-19-,42-35?. The summed E-state index contributed by atoms with van der Waals surface area (Å²) in [6.45, 7) is 4.52. The summed E-state index contributed by atoms with van der Waals surface area (Å²) in [4.78, 5) is 0. The summed E-state index contributed by atoms with van der Waals surface area (Å²) in [6, 6.07) is 40.8. The highest BCUT2D eigenvalue weighted by Gasteiger charge is 2.37. The van der Waals surface area contributed by atoms with Crippen molar-refractivity contribution in [3.8, 4) is 45.3 Å². The lowest BCUT2D eigenvalue weighted by atomic mass is 9.82. The van der Waals surface area contributed by atoms with Crippen molar-refractivity contribution in [1.82, 2.24) is 0 Å². The Kier molecular flexibility index (Phi) is 6.22. The normalized spacial score (nSPS) is 14.6. The Hall–Kier alpha value is -5.45. The van der Waals surface area contributed by atoms with Gasteiger partial charge in [-0.1, -0.05) is 117 Å². The van der Waals surface area contributed by atoms with Gasteiger partial charge in [0.05, 0.1) is 5.71 Å². The van der Waals surface area contributed by atoms with E-state index in [2.05, 4.69) is 74.5 Å². The van der Waals surface area contributed by atoms with Gasteiger partial charge >= 0.3 is 0 Å². The predicted octanol–water partition coefficient (Wildman–Crippen LogP) is 10.3. The molecule has 4 nitrogen and oxygen atoms in total. The summed E-state index contributed by atoms with van der Waals surface area (Å²) in [7, 11) is 0. The number of hydrogen-bond donors (Lipinski definition) is 2. The molecule has 0 radical (unpaired) electrons. The number of fused-ring (bicyclic) bond motifs is 6. The molecule has 2 aliphatic rings. The average molecular weight is 585 g/mol. The second kappa shape index (κ2) is 10.3. The molecule has 0 fully saturated rings. The van der Waals surface area contributed by atoms with E-state index in [9.17, 15) is 0 Å². The van der Waals surface area contributed by atoms with Gasteiger partial charge in [-0.2, -0.15) is 0 Å². The predicted molar refractivity (Wildman–Crippen MR) is 183 cm³/mol. The van der Waals surface area contributed by atoms with E-state index in [1.807, 2.05) is 66.7 Å². The van der Waals surface area contributed by atoms with E-state index in [1.54, 1.807) is 6.08 Å². The van der Waals surface area contributed by atoms with Crippen molar-refractivity contribution in [2.24, 2.45) is 5.73 Å². The minimum absolute atomic E-state index is 0.115. The Balaban J connectivity index is 1.09. The van der Waals surface area contributed by atoms with Gasteiger partial charge in [-0.3, -0.25) is 0 Å². The molecular formula is C41H32N2O2. The molecule has 0 spiro atoms. The third kappa shape index (κ3) is 4.45. The average Bonchev–Trinajstić information content (AvgIpc) is 3.29. The minimum atomic E-state index is -0.336. The molecule has 0 amide bonds. The van der Waals surface area contributed by atoms with Crippen molar-refractivity contribution in [1.29, 1.82) is 5.41 Å². The zero-order valence-corrected chi connectivity index (χ0v) is 25.2. The van der Waals surface area contributed by atoms with Crippen molar-refractivity contribution in [2.75, 3.05) is 0 Å². The highest BCUT2D eigenvalue weighted by atomic mass is 16.6. The molecule has 218 valence electrons. The first kappa shape index (κ1) is 27.1. The van der Waals surface area contributed by atoms with Crippen molar-refractivity contribution >= 4 is 16.5 Å². The minimum Gasteiger partial charge on any atom is -0.450 e. The van der Waals surface area contributed by atoms with Crippen LogP contribution in [0.5, 0.6) is 23.0 Å². The molecule has 3 N–H and O–H groups in total. The number of allylic oxidation sites excluding steroid dienone is 1. The second-order valence-electron chi connectivity index (χ2n) is 12.3. The van der Waals surface area contributed by atoms with Crippen LogP contribution in [0.4, 0.5) is 0 Å². The molecule has 1 atom stereocenters. The first-order chi connectivity index (χ1) is 21.9. The monoisotopic (exact) mass is 584 g/mol. The molecule has 0 aromatic heterocycles. The highest BCUT2D eigenvalue weighted by Crippen LogP contribution is 2.55. The fourth-order valence-electron chi connectivity index (χ4n) is 6.85. The van der Waals surface area contributed by atoms with E-state index in [4.69, 9.17) is 20.6 Å². The fraction of sp³-hybridized carbons (Fsp3) is 0.0976. The summed E-state index contributed by atoms with van der Waals surface area (Å²) in [6.07, 6.45) is 3.71. The van der Waals surface area contributed by atoms with Crippen molar-refractivity contribution in [3.05, 3.63) is 156 Å². The van der Waals surface area contributed by atoms with E-state index in [0.717, 1.165) is 38.8 Å². The number of hydrogen-bond acceptors (Lipinski definition) is 4. The van der Waals surface area contributed by atoms with Gasteiger partial charge in [0, 0.05) is 17.0 Å². The lowest BCUT2D eigenvalue weighted by Gasteiger charge is -2.25. The van der Waals surface area contributed by atoms with Gasteiger partial charge in [-0.15, -0.1) is 0 Å². The zero-order valence-electron chi connectivity index (χ0n) is 25.2. The zero-order chi connectivity index (χ0) is 30.7. The van der Waals surface area contributed by atoms with Crippen LogP contribution >= 0.6 is 0 Å². The van der Waals surface area contributed by atoms with Crippen LogP contribution in [0.15, 0.2) is 133 Å². The van der Waals surface area contributed by atoms with Gasteiger partial charge in [0.25, 0.3) is 0 Å². The van der Waals surface area contributed by atoms with Gasteiger partial charge in [0.2, 0.25) is 0 Å². The van der Waals surface area contributed by atoms with E-state index in [-0.39, 0.29) is 11.5 Å². The third-order valence-corrected chi connectivity index (χ3v) is 9.21. The lowest BCUT2D eigenvalue weighted by Crippen LogP contribution is -2.15. The largest absolute Gasteiger partial charge is 0.450 e. The lowest BCUT2D eigenvalue weighted by molar-refractivity contribution is 0.359. The van der Waals surface area contributed by atoms with Crippen LogP contribution in [-0.2, 0) is 5.41 Å². The van der Waals surface area contributed by atoms with Crippen LogP contribution in [0.2, 0.25) is 0 Å². The Morgan fingerprint density at radius 3 is 2.24 bits per heavy atom. The number of benzene rings is 6. The van der Waals surface area contributed by atoms with Crippen LogP contribution in [0.1, 0.15) is 42.1 Å². The van der Waals surface area contributed by atoms with Crippen LogP contribution in [-0.4, -0.2) is 5.71 Å².